The molecule has 0 radical (unpaired) electrons. The van der Waals surface area contributed by atoms with Crippen LogP contribution in [-0.2, 0) is 14.3 Å². The largest absolute Gasteiger partial charge is 0.461 e. The molecule has 0 bridgehead atoms. The summed E-state index contributed by atoms with van der Waals surface area (Å²) >= 11 is 0. The summed E-state index contributed by atoms with van der Waals surface area (Å²) in [5, 5.41) is 33.7. The number of ether oxygens (including phenoxy) is 1. The lowest BCUT2D eigenvalue weighted by molar-refractivity contribution is -0.248. The summed E-state index contributed by atoms with van der Waals surface area (Å²) in [6, 6.07) is 3.25. The van der Waals surface area contributed by atoms with Gasteiger partial charge in [-0.05, 0) is 80.8 Å². The Morgan fingerprint density at radius 1 is 1.02 bits per heavy atom. The number of hydrogen-bond donors (Lipinski definition) is 3. The van der Waals surface area contributed by atoms with Crippen LogP contribution in [-0.4, -0.2) is 101 Å². The van der Waals surface area contributed by atoms with Crippen molar-refractivity contribution in [3.63, 3.8) is 0 Å². The van der Waals surface area contributed by atoms with Crippen molar-refractivity contribution >= 4 is 12.3 Å². The standard InChI is InChI=1S/C32H46N2O8/c1-29-8-5-25-26(32(29,40)11-7-24(29)22-2-3-27(37)41-20-22)6-10-31(39)18-23(4-9-30(25,31)21-36)42-28(38)19-34-14-12-33(13-15-34)16-17-35/h2-3,20-21,23-26,35,39-40H,4-19H2,1H3. The molecule has 1 saturated heterocycles. The van der Waals surface area contributed by atoms with Crippen molar-refractivity contribution in [3.05, 3.63) is 34.4 Å². The molecule has 1 aromatic heterocycles. The zero-order valence-corrected chi connectivity index (χ0v) is 24.7. The Hall–Kier alpha value is -2.11. The second-order valence-corrected chi connectivity index (χ2v) is 14.0. The molecule has 8 atom stereocenters. The van der Waals surface area contributed by atoms with E-state index in [0.29, 0.717) is 45.1 Å². The molecule has 0 amide bonds. The molecule has 0 spiro atoms. The molecular weight excluding hydrogens is 540 g/mol. The molecular formula is C32H46N2O8. The van der Waals surface area contributed by atoms with E-state index in [1.807, 2.05) is 6.07 Å². The molecule has 10 heteroatoms. The predicted molar refractivity (Wildman–Crippen MR) is 153 cm³/mol. The third kappa shape index (κ3) is 4.69. The highest BCUT2D eigenvalue weighted by atomic mass is 16.5. The van der Waals surface area contributed by atoms with Gasteiger partial charge in [0.2, 0.25) is 0 Å². The van der Waals surface area contributed by atoms with Crippen molar-refractivity contribution in [2.24, 2.45) is 22.7 Å². The highest BCUT2D eigenvalue weighted by molar-refractivity contribution is 5.72. The molecule has 42 heavy (non-hydrogen) atoms. The summed E-state index contributed by atoms with van der Waals surface area (Å²) in [5.41, 5.74) is -3.13. The molecule has 2 heterocycles. The van der Waals surface area contributed by atoms with E-state index in [0.717, 1.165) is 50.9 Å². The Morgan fingerprint density at radius 3 is 2.45 bits per heavy atom. The number of β-amino-alcohol motifs (C(OH)–C–C–N with tert-alkyl or cyclic N) is 1. The smallest absolute Gasteiger partial charge is 0.335 e. The lowest BCUT2D eigenvalue weighted by Crippen LogP contribution is -2.68. The van der Waals surface area contributed by atoms with E-state index < -0.39 is 33.8 Å². The first-order valence-electron chi connectivity index (χ1n) is 15.8. The van der Waals surface area contributed by atoms with Crippen LogP contribution in [0.4, 0.5) is 0 Å². The van der Waals surface area contributed by atoms with E-state index in [9.17, 15) is 24.6 Å². The number of aliphatic hydroxyl groups is 3. The normalized spacial score (nSPS) is 42.3. The van der Waals surface area contributed by atoms with Crippen LogP contribution in [0.25, 0.3) is 0 Å². The second kappa shape index (κ2) is 11.1. The summed E-state index contributed by atoms with van der Waals surface area (Å²) in [6.07, 6.45) is 7.07. The molecule has 4 saturated carbocycles. The zero-order valence-electron chi connectivity index (χ0n) is 24.7. The Morgan fingerprint density at radius 2 is 1.76 bits per heavy atom. The number of fused-ring (bicyclic) bond motifs is 5. The zero-order chi connectivity index (χ0) is 29.8. The van der Waals surface area contributed by atoms with E-state index in [2.05, 4.69) is 16.7 Å². The average molecular weight is 587 g/mol. The van der Waals surface area contributed by atoms with Gasteiger partial charge in [0.1, 0.15) is 12.4 Å². The number of esters is 1. The third-order valence-electron chi connectivity index (χ3n) is 12.4. The summed E-state index contributed by atoms with van der Waals surface area (Å²) in [6.45, 7) is 6.19. The van der Waals surface area contributed by atoms with Crippen LogP contribution in [0.15, 0.2) is 27.6 Å². The lowest BCUT2D eigenvalue weighted by atomic mass is 9.41. The van der Waals surface area contributed by atoms with Gasteiger partial charge in [0.15, 0.2) is 0 Å². The molecule has 8 unspecified atom stereocenters. The van der Waals surface area contributed by atoms with E-state index in [1.54, 1.807) is 0 Å². The first kappa shape index (κ1) is 29.9. The van der Waals surface area contributed by atoms with Gasteiger partial charge in [0.25, 0.3) is 0 Å². The summed E-state index contributed by atoms with van der Waals surface area (Å²) in [4.78, 5) is 41.7. The maximum absolute atomic E-state index is 13.0. The minimum atomic E-state index is -1.28. The van der Waals surface area contributed by atoms with Crippen molar-refractivity contribution < 1.29 is 34.1 Å². The van der Waals surface area contributed by atoms with Gasteiger partial charge in [-0.25, -0.2) is 4.79 Å². The van der Waals surface area contributed by atoms with Gasteiger partial charge >= 0.3 is 11.6 Å². The van der Waals surface area contributed by atoms with Gasteiger partial charge in [0.05, 0.1) is 36.0 Å². The summed E-state index contributed by atoms with van der Waals surface area (Å²) in [5.74, 6) is -0.520. The molecule has 10 nitrogen and oxygen atoms in total. The Kier molecular flexibility index (Phi) is 7.92. The van der Waals surface area contributed by atoms with Crippen LogP contribution >= 0.6 is 0 Å². The van der Waals surface area contributed by atoms with Crippen molar-refractivity contribution in [2.45, 2.75) is 87.9 Å². The van der Waals surface area contributed by atoms with E-state index in [1.165, 1.54) is 12.3 Å². The first-order valence-corrected chi connectivity index (χ1v) is 15.8. The number of piperazine rings is 1. The molecule has 0 aromatic carbocycles. The van der Waals surface area contributed by atoms with Gasteiger partial charge in [-0.3, -0.25) is 14.6 Å². The molecule has 1 aliphatic heterocycles. The Labute approximate surface area is 247 Å². The third-order valence-corrected chi connectivity index (χ3v) is 12.4. The second-order valence-electron chi connectivity index (χ2n) is 14.0. The van der Waals surface area contributed by atoms with Crippen LogP contribution in [0.5, 0.6) is 0 Å². The Bertz CT molecular complexity index is 1210. The average Bonchev–Trinajstić information content (AvgIpc) is 3.25. The Balaban J connectivity index is 1.14. The number of hydrogen-bond acceptors (Lipinski definition) is 10. The molecule has 4 aliphatic carbocycles. The van der Waals surface area contributed by atoms with Crippen LogP contribution in [0, 0.1) is 22.7 Å². The van der Waals surface area contributed by atoms with Crippen molar-refractivity contribution in [2.75, 3.05) is 45.9 Å². The van der Waals surface area contributed by atoms with Gasteiger partial charge in [-0.15, -0.1) is 0 Å². The fourth-order valence-electron chi connectivity index (χ4n) is 10.1. The SMILES string of the molecule is CC12CCC3C(CCC4(O)CC(OC(=O)CN5CCN(CCO)CC5)CCC34C=O)C1(O)CCC2c1ccc(=O)oc1. The van der Waals surface area contributed by atoms with Crippen LogP contribution in [0.3, 0.4) is 0 Å². The first-order chi connectivity index (χ1) is 20.1. The van der Waals surface area contributed by atoms with Gasteiger partial charge in [0, 0.05) is 50.6 Å². The number of carbonyl (C=O) groups is 2. The van der Waals surface area contributed by atoms with Gasteiger partial charge in [-0.1, -0.05) is 6.92 Å². The monoisotopic (exact) mass is 586 g/mol. The van der Waals surface area contributed by atoms with Crippen LogP contribution in [0.1, 0.15) is 76.2 Å². The van der Waals surface area contributed by atoms with Crippen LogP contribution in [0.2, 0.25) is 0 Å². The number of carbonyl (C=O) groups excluding carboxylic acids is 2. The molecule has 6 rings (SSSR count). The maximum Gasteiger partial charge on any atom is 0.335 e. The highest BCUT2D eigenvalue weighted by Crippen LogP contribution is 2.71. The van der Waals surface area contributed by atoms with Crippen molar-refractivity contribution in [3.8, 4) is 0 Å². The fourth-order valence-corrected chi connectivity index (χ4v) is 10.1. The van der Waals surface area contributed by atoms with E-state index in [-0.39, 0.29) is 43.3 Å². The molecule has 232 valence electrons. The quantitative estimate of drug-likeness (QED) is 0.319. The number of nitrogens with zero attached hydrogens (tertiary/aromatic N) is 2. The predicted octanol–water partition coefficient (Wildman–Crippen LogP) is 1.70. The number of rotatable bonds is 7. The summed E-state index contributed by atoms with van der Waals surface area (Å²) < 4.78 is 11.1. The van der Waals surface area contributed by atoms with Gasteiger partial charge < -0.3 is 29.3 Å². The van der Waals surface area contributed by atoms with E-state index >= 15 is 0 Å². The number of aliphatic hydroxyl groups excluding tert-OH is 1. The summed E-state index contributed by atoms with van der Waals surface area (Å²) in [7, 11) is 0. The van der Waals surface area contributed by atoms with E-state index in [4.69, 9.17) is 14.3 Å². The fraction of sp³-hybridized carbons (Fsp3) is 0.781. The molecule has 5 aliphatic rings. The minimum absolute atomic E-state index is 0.0496. The molecule has 3 N–H and O–H groups in total. The lowest BCUT2D eigenvalue weighted by Gasteiger charge is -2.65. The molecule has 1 aromatic rings. The minimum Gasteiger partial charge on any atom is -0.461 e. The highest BCUT2D eigenvalue weighted by Gasteiger charge is 2.71. The topological polar surface area (TPSA) is 141 Å². The molecule has 5 fully saturated rings. The van der Waals surface area contributed by atoms with Crippen molar-refractivity contribution in [1.29, 1.82) is 0 Å². The number of aldehydes is 1. The van der Waals surface area contributed by atoms with Crippen LogP contribution < -0.4 is 5.63 Å². The van der Waals surface area contributed by atoms with Crippen molar-refractivity contribution in [1.82, 2.24) is 9.80 Å². The van der Waals surface area contributed by atoms with Gasteiger partial charge in [-0.2, -0.15) is 0 Å². The maximum atomic E-state index is 13.0.